The maximum Gasteiger partial charge on any atom is 0.255 e. The van der Waals surface area contributed by atoms with Gasteiger partial charge < -0.3 is 5.11 Å². The second-order valence-electron chi connectivity index (χ2n) is 3.65. The number of imide groups is 1. The molecular weight excluding hydrogens is 182 g/mol. The van der Waals surface area contributed by atoms with E-state index in [0.717, 1.165) is 4.90 Å². The number of aliphatic hydroxyl groups excluding tert-OH is 1. The molecule has 1 rings (SSSR count). The number of carbonyl (C=O) groups is 2. The molecule has 0 fully saturated rings. The van der Waals surface area contributed by atoms with Crippen molar-refractivity contribution in [1.82, 2.24) is 4.90 Å². The Morgan fingerprint density at radius 1 is 1.64 bits per heavy atom. The van der Waals surface area contributed by atoms with Crippen LogP contribution in [0.5, 0.6) is 0 Å². The van der Waals surface area contributed by atoms with Gasteiger partial charge in [0, 0.05) is 12.0 Å². The minimum Gasteiger partial charge on any atom is -0.369 e. The van der Waals surface area contributed by atoms with Gasteiger partial charge in [-0.1, -0.05) is 20.8 Å². The molecule has 0 bridgehead atoms. The van der Waals surface area contributed by atoms with Crippen molar-refractivity contribution in [2.75, 3.05) is 0 Å². The fourth-order valence-electron chi connectivity index (χ4n) is 1.38. The van der Waals surface area contributed by atoms with E-state index in [1.54, 1.807) is 13.8 Å². The summed E-state index contributed by atoms with van der Waals surface area (Å²) in [4.78, 5) is 23.8. The third-order valence-corrected chi connectivity index (χ3v) is 2.26. The van der Waals surface area contributed by atoms with E-state index in [2.05, 4.69) is 0 Å². The molecule has 1 heterocycles. The number of rotatable bonds is 2. The van der Waals surface area contributed by atoms with Gasteiger partial charge >= 0.3 is 0 Å². The highest BCUT2D eigenvalue weighted by atomic mass is 16.3. The summed E-state index contributed by atoms with van der Waals surface area (Å²) in [7, 11) is 0. The lowest BCUT2D eigenvalue weighted by molar-refractivity contribution is -0.151. The molecule has 2 amide bonds. The fourth-order valence-corrected chi connectivity index (χ4v) is 1.38. The van der Waals surface area contributed by atoms with Crippen molar-refractivity contribution >= 4 is 11.8 Å². The Labute approximate surface area is 83.2 Å². The molecule has 0 saturated carbocycles. The van der Waals surface area contributed by atoms with E-state index in [-0.39, 0.29) is 11.8 Å². The third kappa shape index (κ3) is 1.70. The van der Waals surface area contributed by atoms with E-state index >= 15 is 0 Å². The largest absolute Gasteiger partial charge is 0.369 e. The predicted molar refractivity (Wildman–Crippen MR) is 51.1 cm³/mol. The number of amides is 2. The molecule has 0 aliphatic carbocycles. The van der Waals surface area contributed by atoms with Crippen LogP contribution in [0.4, 0.5) is 0 Å². The summed E-state index contributed by atoms with van der Waals surface area (Å²) in [6.07, 6.45) is 0.863. The Bertz CT molecular complexity index is 294. The summed E-state index contributed by atoms with van der Waals surface area (Å²) in [6, 6.07) is 0. The van der Waals surface area contributed by atoms with Gasteiger partial charge in [0.2, 0.25) is 5.91 Å². The Balaban J connectivity index is 2.86. The van der Waals surface area contributed by atoms with E-state index < -0.39 is 12.1 Å². The van der Waals surface area contributed by atoms with Gasteiger partial charge in [0.1, 0.15) is 0 Å². The van der Waals surface area contributed by atoms with E-state index in [9.17, 15) is 14.7 Å². The van der Waals surface area contributed by atoms with Crippen LogP contribution in [0.15, 0.2) is 11.6 Å². The van der Waals surface area contributed by atoms with E-state index in [1.165, 1.54) is 6.08 Å². The first-order valence-corrected chi connectivity index (χ1v) is 4.74. The van der Waals surface area contributed by atoms with E-state index in [0.29, 0.717) is 12.0 Å². The van der Waals surface area contributed by atoms with Crippen LogP contribution in [-0.4, -0.2) is 28.0 Å². The van der Waals surface area contributed by atoms with Gasteiger partial charge in [-0.15, -0.1) is 0 Å². The zero-order chi connectivity index (χ0) is 10.9. The molecule has 1 atom stereocenters. The lowest BCUT2D eigenvalue weighted by Gasteiger charge is -2.22. The van der Waals surface area contributed by atoms with Crippen molar-refractivity contribution < 1.29 is 14.7 Å². The van der Waals surface area contributed by atoms with Crippen LogP contribution in [0.25, 0.3) is 0 Å². The summed E-state index contributed by atoms with van der Waals surface area (Å²) in [6.45, 7) is 5.24. The normalized spacial score (nSPS) is 21.8. The topological polar surface area (TPSA) is 57.6 Å². The van der Waals surface area contributed by atoms with Gasteiger partial charge in [0.25, 0.3) is 5.91 Å². The molecule has 0 saturated heterocycles. The Kier molecular flexibility index (Phi) is 3.06. The predicted octanol–water partition coefficient (Wildman–Crippen LogP) is 0.666. The van der Waals surface area contributed by atoms with Gasteiger partial charge in [-0.05, 0) is 12.0 Å². The minimum atomic E-state index is -1.05. The lowest BCUT2D eigenvalue weighted by atomic mass is 10.1. The first kappa shape index (κ1) is 10.9. The van der Waals surface area contributed by atoms with Crippen LogP contribution in [0.1, 0.15) is 27.2 Å². The molecule has 0 aromatic heterocycles. The second kappa shape index (κ2) is 3.92. The molecule has 1 aliphatic rings. The number of nitrogens with zero attached hydrogens (tertiary/aromatic N) is 1. The smallest absolute Gasteiger partial charge is 0.255 e. The van der Waals surface area contributed by atoms with Gasteiger partial charge in [-0.2, -0.15) is 0 Å². The average molecular weight is 197 g/mol. The molecule has 0 spiro atoms. The monoisotopic (exact) mass is 197 g/mol. The first-order valence-electron chi connectivity index (χ1n) is 4.74. The van der Waals surface area contributed by atoms with Crippen LogP contribution in [0, 0.1) is 5.92 Å². The van der Waals surface area contributed by atoms with Gasteiger partial charge in [-0.3, -0.25) is 9.59 Å². The second-order valence-corrected chi connectivity index (χ2v) is 3.65. The summed E-state index contributed by atoms with van der Waals surface area (Å²) in [5.41, 5.74) is 0.601. The SMILES string of the molecule is CCC1=CC(=O)N(C(=O)C(C)C)C1O. The molecule has 0 aromatic carbocycles. The van der Waals surface area contributed by atoms with Crippen molar-refractivity contribution in [2.24, 2.45) is 5.92 Å². The molecule has 0 radical (unpaired) electrons. The number of hydrogen-bond donors (Lipinski definition) is 1. The van der Waals surface area contributed by atoms with Crippen molar-refractivity contribution in [1.29, 1.82) is 0 Å². The zero-order valence-corrected chi connectivity index (χ0v) is 8.65. The van der Waals surface area contributed by atoms with E-state index in [4.69, 9.17) is 0 Å². The fraction of sp³-hybridized carbons (Fsp3) is 0.600. The molecule has 1 aliphatic heterocycles. The number of carbonyl (C=O) groups excluding carboxylic acids is 2. The van der Waals surface area contributed by atoms with Gasteiger partial charge in [0.15, 0.2) is 6.23 Å². The Hall–Kier alpha value is -1.16. The molecule has 14 heavy (non-hydrogen) atoms. The van der Waals surface area contributed by atoms with Crippen molar-refractivity contribution in [3.8, 4) is 0 Å². The van der Waals surface area contributed by atoms with Crippen LogP contribution in [0.3, 0.4) is 0 Å². The highest BCUT2D eigenvalue weighted by molar-refractivity contribution is 6.04. The summed E-state index contributed by atoms with van der Waals surface area (Å²) < 4.78 is 0. The molecule has 1 N–H and O–H groups in total. The molecule has 4 nitrogen and oxygen atoms in total. The number of hydrogen-bond acceptors (Lipinski definition) is 3. The van der Waals surface area contributed by atoms with Crippen LogP contribution < -0.4 is 0 Å². The minimum absolute atomic E-state index is 0.279. The molecule has 0 aromatic rings. The maximum absolute atomic E-state index is 11.5. The molecule has 1 unspecified atom stereocenters. The zero-order valence-electron chi connectivity index (χ0n) is 8.65. The maximum atomic E-state index is 11.5. The van der Waals surface area contributed by atoms with Gasteiger partial charge in [-0.25, -0.2) is 4.90 Å². The highest BCUT2D eigenvalue weighted by Gasteiger charge is 2.35. The standard InChI is InChI=1S/C10H15NO3/c1-4-7-5-8(12)11(10(7)14)9(13)6(2)3/h5-6,10,14H,4H2,1-3H3. The average Bonchev–Trinajstić information content (AvgIpc) is 2.40. The van der Waals surface area contributed by atoms with Crippen molar-refractivity contribution in [3.63, 3.8) is 0 Å². The summed E-state index contributed by atoms with van der Waals surface area (Å²) in [5, 5.41) is 9.65. The molecule has 78 valence electrons. The molecular formula is C10H15NO3. The number of aliphatic hydroxyl groups is 1. The van der Waals surface area contributed by atoms with Gasteiger partial charge in [0.05, 0.1) is 0 Å². The Morgan fingerprint density at radius 2 is 2.21 bits per heavy atom. The van der Waals surface area contributed by atoms with Crippen molar-refractivity contribution in [2.45, 2.75) is 33.4 Å². The first-order chi connectivity index (χ1) is 6.49. The van der Waals surface area contributed by atoms with Crippen LogP contribution in [-0.2, 0) is 9.59 Å². The van der Waals surface area contributed by atoms with Crippen molar-refractivity contribution in [3.05, 3.63) is 11.6 Å². The summed E-state index contributed by atoms with van der Waals surface area (Å²) in [5.74, 6) is -1.02. The highest BCUT2D eigenvalue weighted by Crippen LogP contribution is 2.21. The quantitative estimate of drug-likeness (QED) is 0.707. The third-order valence-electron chi connectivity index (χ3n) is 2.26. The van der Waals surface area contributed by atoms with Crippen LogP contribution >= 0.6 is 0 Å². The lowest BCUT2D eigenvalue weighted by Crippen LogP contribution is -2.42. The van der Waals surface area contributed by atoms with E-state index in [1.807, 2.05) is 6.92 Å². The molecule has 4 heteroatoms. The Morgan fingerprint density at radius 3 is 2.57 bits per heavy atom. The van der Waals surface area contributed by atoms with Crippen LogP contribution in [0.2, 0.25) is 0 Å². The summed E-state index contributed by atoms with van der Waals surface area (Å²) >= 11 is 0.